The lowest BCUT2D eigenvalue weighted by Gasteiger charge is -2.35. The number of aromatic nitrogens is 1. The molecule has 216 valence electrons. The van der Waals surface area contributed by atoms with Gasteiger partial charge < -0.3 is 15.2 Å². The smallest absolute Gasteiger partial charge is 0.258 e. The van der Waals surface area contributed by atoms with Gasteiger partial charge in [-0.2, -0.15) is 0 Å². The first-order valence-corrected chi connectivity index (χ1v) is 13.5. The molecule has 0 spiro atoms. The largest absolute Gasteiger partial charge is 0.383 e. The van der Waals surface area contributed by atoms with Crippen molar-refractivity contribution >= 4 is 46.8 Å². The Morgan fingerprint density at radius 3 is 2.58 bits per heavy atom. The van der Waals surface area contributed by atoms with Crippen molar-refractivity contribution < 1.29 is 24.3 Å². The molecule has 3 atom stereocenters. The molecule has 11 nitrogen and oxygen atoms in total. The molecule has 1 saturated heterocycles. The number of nitrogens with one attached hydrogen (secondary N) is 3. The van der Waals surface area contributed by atoms with E-state index >= 15 is 0 Å². The number of hydrazine groups is 2. The number of aldehydes is 1. The molecule has 1 aromatic heterocycles. The van der Waals surface area contributed by atoms with Crippen LogP contribution in [0.1, 0.15) is 53.0 Å². The van der Waals surface area contributed by atoms with Gasteiger partial charge in [-0.1, -0.05) is 38.1 Å². The highest BCUT2D eigenvalue weighted by Gasteiger charge is 2.32. The lowest BCUT2D eigenvalue weighted by molar-refractivity contribution is -0.144. The number of carbonyl (C=O) groups is 4. The third-order valence-electron chi connectivity index (χ3n) is 6.73. The first-order valence-electron chi connectivity index (χ1n) is 13.5. The van der Waals surface area contributed by atoms with Crippen LogP contribution in [0.3, 0.4) is 0 Å². The van der Waals surface area contributed by atoms with Crippen molar-refractivity contribution in [2.75, 3.05) is 18.6 Å². The van der Waals surface area contributed by atoms with Gasteiger partial charge in [0.25, 0.3) is 11.8 Å². The molecule has 0 aliphatic carbocycles. The Morgan fingerprint density at radius 2 is 1.90 bits per heavy atom. The summed E-state index contributed by atoms with van der Waals surface area (Å²) < 4.78 is 0. The minimum atomic E-state index is -1.21. The summed E-state index contributed by atoms with van der Waals surface area (Å²) >= 11 is 0. The standard InChI is InChI=1S/C29H40N6O5/c1-18(2)25(37)27(39)30-19(3)28(40)35-15-7-8-22(32-35)26(38)33-34(6)24-12-11-21-10-9-20(16-23(21)31-24)13-14-29(4,5)17-36/h9-14,16-19,22,25,32,37H,7-8,15H2,1-6H3,(H,30,39)(H,33,38)/b14-13+. The number of allylic oxidation sites excluding steroid dienone is 1. The average Bonchev–Trinajstić information content (AvgIpc) is 2.94. The number of pyridine rings is 1. The van der Waals surface area contributed by atoms with Crippen LogP contribution < -0.4 is 21.2 Å². The highest BCUT2D eigenvalue weighted by atomic mass is 16.3. The van der Waals surface area contributed by atoms with Gasteiger partial charge in [-0.05, 0) is 63.3 Å². The highest BCUT2D eigenvalue weighted by molar-refractivity contribution is 5.90. The van der Waals surface area contributed by atoms with Gasteiger partial charge in [0, 0.05) is 24.4 Å². The van der Waals surface area contributed by atoms with Gasteiger partial charge in [0.2, 0.25) is 5.91 Å². The van der Waals surface area contributed by atoms with Gasteiger partial charge in [0.15, 0.2) is 0 Å². The van der Waals surface area contributed by atoms with E-state index in [0.717, 1.165) is 22.8 Å². The molecule has 3 rings (SSSR count). The van der Waals surface area contributed by atoms with Gasteiger partial charge in [0.05, 0.1) is 5.52 Å². The number of hydrogen-bond donors (Lipinski definition) is 4. The van der Waals surface area contributed by atoms with Crippen LogP contribution in [0.4, 0.5) is 5.82 Å². The van der Waals surface area contributed by atoms with E-state index in [0.29, 0.717) is 25.2 Å². The number of hydrogen-bond acceptors (Lipinski definition) is 8. The van der Waals surface area contributed by atoms with Crippen LogP contribution in [0.2, 0.25) is 0 Å². The number of rotatable bonds is 10. The van der Waals surface area contributed by atoms with E-state index in [4.69, 9.17) is 0 Å². The van der Waals surface area contributed by atoms with Gasteiger partial charge in [-0.3, -0.25) is 29.8 Å². The quantitative estimate of drug-likeness (QED) is 0.259. The predicted molar refractivity (Wildman–Crippen MR) is 153 cm³/mol. The molecule has 3 unspecified atom stereocenters. The molecule has 1 aliphatic rings. The summed E-state index contributed by atoms with van der Waals surface area (Å²) in [5, 5.41) is 16.3. The van der Waals surface area contributed by atoms with Crippen LogP contribution in [0.25, 0.3) is 17.0 Å². The van der Waals surface area contributed by atoms with Crippen molar-refractivity contribution in [2.45, 2.75) is 65.6 Å². The molecular weight excluding hydrogens is 512 g/mol. The van der Waals surface area contributed by atoms with Crippen LogP contribution in [-0.2, 0) is 19.2 Å². The van der Waals surface area contributed by atoms with Gasteiger partial charge in [0.1, 0.15) is 30.3 Å². The maximum absolute atomic E-state index is 13.1. The Kier molecular flexibility index (Phi) is 9.99. The van der Waals surface area contributed by atoms with E-state index in [1.54, 1.807) is 33.9 Å². The van der Waals surface area contributed by atoms with Crippen molar-refractivity contribution in [1.29, 1.82) is 0 Å². The maximum atomic E-state index is 13.1. The van der Waals surface area contributed by atoms with Crippen LogP contribution >= 0.6 is 0 Å². The zero-order valence-corrected chi connectivity index (χ0v) is 24.0. The summed E-state index contributed by atoms with van der Waals surface area (Å²) in [5.74, 6) is -1.09. The molecule has 0 saturated carbocycles. The van der Waals surface area contributed by atoms with E-state index in [1.807, 2.05) is 50.3 Å². The van der Waals surface area contributed by atoms with E-state index in [-0.39, 0.29) is 11.8 Å². The Labute approximate surface area is 234 Å². The lowest BCUT2D eigenvalue weighted by atomic mass is 9.94. The summed E-state index contributed by atoms with van der Waals surface area (Å²) in [6.45, 7) is 9.02. The fourth-order valence-corrected chi connectivity index (χ4v) is 4.10. The number of amides is 3. The van der Waals surface area contributed by atoms with Gasteiger partial charge in [-0.25, -0.2) is 10.4 Å². The predicted octanol–water partition coefficient (Wildman–Crippen LogP) is 1.96. The number of aliphatic hydroxyl groups excluding tert-OH is 1. The monoisotopic (exact) mass is 552 g/mol. The van der Waals surface area contributed by atoms with Crippen molar-refractivity contribution in [1.82, 2.24) is 26.2 Å². The topological polar surface area (TPSA) is 144 Å². The molecule has 0 bridgehead atoms. The molecule has 1 aromatic carbocycles. The highest BCUT2D eigenvalue weighted by Crippen LogP contribution is 2.21. The molecular formula is C29H40N6O5. The SMILES string of the molecule is CC(NC(=O)C(O)C(C)C)C(=O)N1CCCC(C(=O)NN(C)c2ccc3ccc(/C=C/C(C)(C)C=O)cc3n2)N1. The lowest BCUT2D eigenvalue weighted by Crippen LogP contribution is -2.62. The number of anilines is 1. The van der Waals surface area contributed by atoms with Crippen LogP contribution in [0, 0.1) is 11.3 Å². The van der Waals surface area contributed by atoms with E-state index < -0.39 is 35.4 Å². The summed E-state index contributed by atoms with van der Waals surface area (Å²) in [6.07, 6.45) is 4.53. The fraction of sp³-hybridized carbons (Fsp3) is 0.483. The fourth-order valence-electron chi connectivity index (χ4n) is 4.10. The zero-order chi connectivity index (χ0) is 29.6. The van der Waals surface area contributed by atoms with Gasteiger partial charge in [-0.15, -0.1) is 0 Å². The van der Waals surface area contributed by atoms with Crippen LogP contribution in [0.5, 0.6) is 0 Å². The van der Waals surface area contributed by atoms with Crippen molar-refractivity contribution in [3.63, 3.8) is 0 Å². The molecule has 1 aliphatic heterocycles. The van der Waals surface area contributed by atoms with Crippen LogP contribution in [-0.4, -0.2) is 70.9 Å². The third-order valence-corrected chi connectivity index (χ3v) is 6.73. The molecule has 2 aromatic rings. The number of benzene rings is 1. The van der Waals surface area contributed by atoms with Crippen molar-refractivity contribution in [2.24, 2.45) is 11.3 Å². The Hall–Kier alpha value is -3.83. The second kappa shape index (κ2) is 13.0. The van der Waals surface area contributed by atoms with Crippen molar-refractivity contribution in [3.05, 3.63) is 42.0 Å². The Bertz CT molecular complexity index is 1280. The van der Waals surface area contributed by atoms with E-state index in [2.05, 4.69) is 21.2 Å². The Morgan fingerprint density at radius 1 is 1.20 bits per heavy atom. The van der Waals surface area contributed by atoms with E-state index in [1.165, 1.54) is 10.0 Å². The summed E-state index contributed by atoms with van der Waals surface area (Å²) in [4.78, 5) is 54.0. The third kappa shape index (κ3) is 7.86. The first kappa shape index (κ1) is 30.7. The molecule has 1 fully saturated rings. The second-order valence-electron chi connectivity index (χ2n) is 11.2. The molecule has 0 radical (unpaired) electrons. The maximum Gasteiger partial charge on any atom is 0.258 e. The Balaban J connectivity index is 1.63. The minimum Gasteiger partial charge on any atom is -0.383 e. The molecule has 40 heavy (non-hydrogen) atoms. The first-order chi connectivity index (χ1) is 18.8. The van der Waals surface area contributed by atoms with Crippen molar-refractivity contribution in [3.8, 4) is 0 Å². The number of carbonyl (C=O) groups excluding carboxylic acids is 4. The molecule has 11 heteroatoms. The zero-order valence-electron chi connectivity index (χ0n) is 24.0. The number of fused-ring (bicyclic) bond motifs is 1. The second-order valence-corrected chi connectivity index (χ2v) is 11.2. The summed E-state index contributed by atoms with van der Waals surface area (Å²) in [5.41, 5.74) is 6.85. The van der Waals surface area contributed by atoms with Gasteiger partial charge >= 0.3 is 0 Å². The average molecular weight is 553 g/mol. The normalized spacial score (nSPS) is 17.5. The number of nitrogens with zero attached hydrogens (tertiary/aromatic N) is 3. The molecule has 2 heterocycles. The summed E-state index contributed by atoms with van der Waals surface area (Å²) in [6, 6.07) is 7.99. The minimum absolute atomic E-state index is 0.280. The van der Waals surface area contributed by atoms with E-state index in [9.17, 15) is 24.3 Å². The molecule has 4 N–H and O–H groups in total. The number of aliphatic hydroxyl groups is 1. The summed E-state index contributed by atoms with van der Waals surface area (Å²) in [7, 11) is 1.69. The van der Waals surface area contributed by atoms with Crippen LogP contribution in [0.15, 0.2) is 36.4 Å². The molecule has 3 amide bonds.